The van der Waals surface area contributed by atoms with E-state index in [1.807, 2.05) is 24.3 Å². The van der Waals surface area contributed by atoms with Crippen LogP contribution in [-0.2, 0) is 4.79 Å². The van der Waals surface area contributed by atoms with E-state index in [4.69, 9.17) is 4.74 Å². The molecule has 66 valence electrons. The summed E-state index contributed by atoms with van der Waals surface area (Å²) in [5.74, 6) is 0.0733. The molecule has 0 aliphatic carbocycles. The maximum atomic E-state index is 10.7. The van der Waals surface area contributed by atoms with E-state index in [-0.39, 0.29) is 5.97 Å². The Morgan fingerprint density at radius 3 is 3.00 bits per heavy atom. The van der Waals surface area contributed by atoms with Gasteiger partial charge in [0, 0.05) is 6.92 Å². The molecule has 0 unspecified atom stereocenters. The van der Waals surface area contributed by atoms with Crippen molar-refractivity contribution in [3.05, 3.63) is 24.3 Å². The first kappa shape index (κ1) is 8.19. The fraction of sp³-hybridized carbons (Fsp3) is 0.111. The van der Waals surface area contributed by atoms with E-state index in [1.165, 1.54) is 18.5 Å². The Kier molecular flexibility index (Phi) is 1.98. The molecule has 4 heteroatoms. The third kappa shape index (κ3) is 1.53. The molecule has 0 spiro atoms. The highest BCUT2D eigenvalue weighted by molar-refractivity contribution is 7.13. The second-order valence-corrected chi connectivity index (χ2v) is 3.38. The average molecular weight is 193 g/mol. The molecular formula is C9H7NO2S. The van der Waals surface area contributed by atoms with E-state index in [9.17, 15) is 4.79 Å². The van der Waals surface area contributed by atoms with Gasteiger partial charge in [-0.1, -0.05) is 12.1 Å². The molecule has 0 atom stereocenters. The number of carbonyl (C=O) groups is 1. The Balaban J connectivity index is 2.51. The minimum absolute atomic E-state index is 0.337. The lowest BCUT2D eigenvalue weighted by atomic mass is 10.3. The van der Waals surface area contributed by atoms with E-state index in [2.05, 4.69) is 4.37 Å². The number of hydrogen-bond acceptors (Lipinski definition) is 4. The van der Waals surface area contributed by atoms with Crippen molar-refractivity contribution in [2.24, 2.45) is 0 Å². The van der Waals surface area contributed by atoms with Gasteiger partial charge in [0.2, 0.25) is 5.88 Å². The molecule has 0 fully saturated rings. The van der Waals surface area contributed by atoms with E-state index in [0.29, 0.717) is 5.88 Å². The Morgan fingerprint density at radius 2 is 2.23 bits per heavy atom. The average Bonchev–Trinajstić information content (AvgIpc) is 2.48. The first-order valence-electron chi connectivity index (χ1n) is 3.80. The third-order valence-corrected chi connectivity index (χ3v) is 2.39. The molecule has 2 aromatic rings. The van der Waals surface area contributed by atoms with Crippen molar-refractivity contribution in [3.63, 3.8) is 0 Å². The van der Waals surface area contributed by atoms with Gasteiger partial charge in [-0.2, -0.15) is 4.37 Å². The van der Waals surface area contributed by atoms with Gasteiger partial charge < -0.3 is 4.74 Å². The van der Waals surface area contributed by atoms with Crippen LogP contribution in [0.2, 0.25) is 0 Å². The second kappa shape index (κ2) is 3.14. The van der Waals surface area contributed by atoms with Crippen molar-refractivity contribution < 1.29 is 9.53 Å². The number of esters is 1. The molecule has 13 heavy (non-hydrogen) atoms. The lowest BCUT2D eigenvalue weighted by Crippen LogP contribution is -2.01. The van der Waals surface area contributed by atoms with Crippen LogP contribution in [0.1, 0.15) is 6.92 Å². The summed E-state index contributed by atoms with van der Waals surface area (Å²) in [6.07, 6.45) is 0. The SMILES string of the molecule is CC(=O)Oc1nsc2ccccc12. The fourth-order valence-corrected chi connectivity index (χ4v) is 1.78. The van der Waals surface area contributed by atoms with Crippen LogP contribution in [0, 0.1) is 0 Å². The molecule has 0 aliphatic rings. The Labute approximate surface area is 79.1 Å². The smallest absolute Gasteiger partial charge is 0.309 e. The van der Waals surface area contributed by atoms with Gasteiger partial charge in [-0.25, -0.2) is 0 Å². The summed E-state index contributed by atoms with van der Waals surface area (Å²) in [5, 5.41) is 0.891. The topological polar surface area (TPSA) is 39.2 Å². The van der Waals surface area contributed by atoms with Crippen molar-refractivity contribution in [2.45, 2.75) is 6.92 Å². The molecular weight excluding hydrogens is 186 g/mol. The van der Waals surface area contributed by atoms with Crippen molar-refractivity contribution >= 4 is 27.6 Å². The summed E-state index contributed by atoms with van der Waals surface area (Å²) in [5.41, 5.74) is 0. The molecule has 0 bridgehead atoms. The van der Waals surface area contributed by atoms with Crippen LogP contribution in [0.5, 0.6) is 5.88 Å². The summed E-state index contributed by atoms with van der Waals surface area (Å²) in [6, 6.07) is 7.65. The van der Waals surface area contributed by atoms with Crippen LogP contribution in [0.3, 0.4) is 0 Å². The predicted molar refractivity (Wildman–Crippen MR) is 50.9 cm³/mol. The largest absolute Gasteiger partial charge is 0.406 e. The normalized spacial score (nSPS) is 10.2. The Morgan fingerprint density at radius 1 is 1.46 bits per heavy atom. The zero-order chi connectivity index (χ0) is 9.26. The lowest BCUT2D eigenvalue weighted by molar-refractivity contribution is -0.132. The predicted octanol–water partition coefficient (Wildman–Crippen LogP) is 2.22. The number of nitrogens with zero attached hydrogens (tertiary/aromatic N) is 1. The Bertz CT molecular complexity index is 450. The molecule has 0 radical (unpaired) electrons. The number of carbonyl (C=O) groups excluding carboxylic acids is 1. The van der Waals surface area contributed by atoms with Crippen molar-refractivity contribution in [2.75, 3.05) is 0 Å². The quantitative estimate of drug-likeness (QED) is 0.652. The van der Waals surface area contributed by atoms with Gasteiger partial charge in [0.05, 0.1) is 10.1 Å². The molecule has 0 amide bonds. The fourth-order valence-electron chi connectivity index (χ4n) is 1.07. The number of rotatable bonds is 1. The van der Waals surface area contributed by atoms with Gasteiger partial charge in [0.15, 0.2) is 0 Å². The van der Waals surface area contributed by atoms with Crippen LogP contribution >= 0.6 is 11.5 Å². The monoisotopic (exact) mass is 193 g/mol. The summed E-state index contributed by atoms with van der Waals surface area (Å²) in [7, 11) is 0. The van der Waals surface area contributed by atoms with Crippen LogP contribution in [-0.4, -0.2) is 10.3 Å². The van der Waals surface area contributed by atoms with Gasteiger partial charge in [-0.15, -0.1) is 0 Å². The second-order valence-electron chi connectivity index (χ2n) is 2.58. The number of ether oxygens (including phenoxy) is 1. The van der Waals surface area contributed by atoms with Gasteiger partial charge >= 0.3 is 5.97 Å². The van der Waals surface area contributed by atoms with E-state index < -0.39 is 0 Å². The molecule has 2 rings (SSSR count). The third-order valence-electron chi connectivity index (χ3n) is 1.58. The first-order valence-corrected chi connectivity index (χ1v) is 4.57. The van der Waals surface area contributed by atoms with Crippen LogP contribution in [0.15, 0.2) is 24.3 Å². The maximum Gasteiger partial charge on any atom is 0.309 e. The zero-order valence-corrected chi connectivity index (χ0v) is 7.80. The van der Waals surface area contributed by atoms with Gasteiger partial charge in [0.1, 0.15) is 0 Å². The van der Waals surface area contributed by atoms with Crippen molar-refractivity contribution in [3.8, 4) is 5.88 Å². The van der Waals surface area contributed by atoms with Crippen molar-refractivity contribution in [1.82, 2.24) is 4.37 Å². The molecule has 1 aromatic carbocycles. The Hall–Kier alpha value is -1.42. The molecule has 0 saturated heterocycles. The number of aromatic nitrogens is 1. The van der Waals surface area contributed by atoms with Crippen LogP contribution < -0.4 is 4.74 Å². The van der Waals surface area contributed by atoms with Crippen LogP contribution in [0.4, 0.5) is 0 Å². The highest BCUT2D eigenvalue weighted by atomic mass is 32.1. The van der Waals surface area contributed by atoms with Gasteiger partial charge in [-0.3, -0.25) is 4.79 Å². The highest BCUT2D eigenvalue weighted by Crippen LogP contribution is 2.27. The van der Waals surface area contributed by atoms with Crippen molar-refractivity contribution in [1.29, 1.82) is 0 Å². The van der Waals surface area contributed by atoms with Gasteiger partial charge in [0.25, 0.3) is 0 Å². The first-order chi connectivity index (χ1) is 6.27. The molecule has 1 aromatic heterocycles. The van der Waals surface area contributed by atoms with Gasteiger partial charge in [-0.05, 0) is 23.7 Å². The molecule has 3 nitrogen and oxygen atoms in total. The molecule has 0 aliphatic heterocycles. The van der Waals surface area contributed by atoms with E-state index in [1.54, 1.807) is 0 Å². The highest BCUT2D eigenvalue weighted by Gasteiger charge is 2.07. The minimum atomic E-state index is -0.337. The molecule has 1 heterocycles. The summed E-state index contributed by atoms with van der Waals surface area (Å²) in [6.45, 7) is 1.37. The minimum Gasteiger partial charge on any atom is -0.406 e. The molecule has 0 saturated carbocycles. The summed E-state index contributed by atoms with van der Waals surface area (Å²) < 4.78 is 9.99. The number of benzene rings is 1. The number of fused-ring (bicyclic) bond motifs is 1. The zero-order valence-electron chi connectivity index (χ0n) is 6.98. The van der Waals surface area contributed by atoms with E-state index in [0.717, 1.165) is 10.1 Å². The standard InChI is InChI=1S/C9H7NO2S/c1-6(11)12-9-7-4-2-3-5-8(7)13-10-9/h2-5H,1H3. The molecule has 0 N–H and O–H groups in total. The summed E-state index contributed by atoms with van der Waals surface area (Å²) in [4.78, 5) is 10.7. The van der Waals surface area contributed by atoms with E-state index >= 15 is 0 Å². The maximum absolute atomic E-state index is 10.7. The summed E-state index contributed by atoms with van der Waals surface area (Å²) >= 11 is 1.33. The number of hydrogen-bond donors (Lipinski definition) is 0. The lowest BCUT2D eigenvalue weighted by Gasteiger charge is -1.94. The van der Waals surface area contributed by atoms with Crippen LogP contribution in [0.25, 0.3) is 10.1 Å².